The fraction of sp³-hybridized carbons (Fsp3) is 0.909. The average molecular weight is 381 g/mol. The normalized spacial score (nSPS) is 26.7. The number of urea groups is 1. The molecule has 3 atom stereocenters. The highest BCUT2D eigenvalue weighted by molar-refractivity contribution is 5.74. The molecule has 0 heterocycles. The molecule has 2 bridgehead atoms. The van der Waals surface area contributed by atoms with Crippen LogP contribution in [-0.2, 0) is 4.79 Å². The number of rotatable bonds is 13. The van der Waals surface area contributed by atoms with E-state index in [0.29, 0.717) is 6.42 Å². The molecule has 2 aliphatic rings. The largest absolute Gasteiger partial charge is 0.481 e. The van der Waals surface area contributed by atoms with Crippen LogP contribution >= 0.6 is 0 Å². The molecule has 0 aliphatic heterocycles. The van der Waals surface area contributed by atoms with Crippen LogP contribution in [0.1, 0.15) is 103 Å². The summed E-state index contributed by atoms with van der Waals surface area (Å²) in [6.07, 6.45) is 16.8. The minimum Gasteiger partial charge on any atom is -0.481 e. The van der Waals surface area contributed by atoms with E-state index in [1.807, 2.05) is 0 Å². The second-order valence-electron chi connectivity index (χ2n) is 9.22. The number of carboxylic acids is 1. The standard InChI is InChI=1S/C22H40N2O3/c1-22(16-18-12-13-19(15-18)17-22)24-21(27)23-14-10-8-6-4-2-3-5-7-9-11-20(25)26/h18-19H,2-17H2,1H3,(H,25,26)(H2,23,24,27)/t18-,19+,22?. The first-order valence-corrected chi connectivity index (χ1v) is 11.2. The van der Waals surface area contributed by atoms with Crippen LogP contribution in [-0.4, -0.2) is 29.2 Å². The summed E-state index contributed by atoms with van der Waals surface area (Å²) in [6.45, 7) is 2.99. The molecule has 2 amide bonds. The predicted molar refractivity (Wildman–Crippen MR) is 109 cm³/mol. The van der Waals surface area contributed by atoms with Crippen LogP contribution in [0.15, 0.2) is 0 Å². The first-order valence-electron chi connectivity index (χ1n) is 11.2. The Balaban J connectivity index is 1.39. The molecule has 0 aromatic rings. The maximum Gasteiger partial charge on any atom is 0.315 e. The van der Waals surface area contributed by atoms with Gasteiger partial charge in [0.05, 0.1) is 0 Å². The zero-order valence-electron chi connectivity index (χ0n) is 17.2. The second-order valence-corrected chi connectivity index (χ2v) is 9.22. The van der Waals surface area contributed by atoms with Gasteiger partial charge in [-0.2, -0.15) is 0 Å². The quantitative estimate of drug-likeness (QED) is 0.382. The third-order valence-electron chi connectivity index (χ3n) is 6.40. The van der Waals surface area contributed by atoms with Crippen molar-refractivity contribution in [3.63, 3.8) is 0 Å². The van der Waals surface area contributed by atoms with E-state index in [1.54, 1.807) is 0 Å². The van der Waals surface area contributed by atoms with Crippen LogP contribution in [0.4, 0.5) is 4.79 Å². The number of carbonyl (C=O) groups excluding carboxylic acids is 1. The monoisotopic (exact) mass is 380 g/mol. The number of amides is 2. The Morgan fingerprint density at radius 2 is 1.41 bits per heavy atom. The van der Waals surface area contributed by atoms with Gasteiger partial charge in [0.25, 0.3) is 0 Å². The molecule has 2 saturated carbocycles. The number of aliphatic carboxylic acids is 1. The smallest absolute Gasteiger partial charge is 0.315 e. The molecule has 0 aromatic heterocycles. The van der Waals surface area contributed by atoms with Crippen molar-refractivity contribution in [2.75, 3.05) is 6.54 Å². The number of carbonyl (C=O) groups is 2. The Bertz CT molecular complexity index is 454. The molecule has 27 heavy (non-hydrogen) atoms. The van der Waals surface area contributed by atoms with Gasteiger partial charge in [0.2, 0.25) is 0 Å². The van der Waals surface area contributed by atoms with Crippen molar-refractivity contribution in [2.24, 2.45) is 11.8 Å². The van der Waals surface area contributed by atoms with Gasteiger partial charge in [-0.25, -0.2) is 4.79 Å². The zero-order valence-corrected chi connectivity index (χ0v) is 17.2. The lowest BCUT2D eigenvalue weighted by molar-refractivity contribution is -0.137. The zero-order chi connectivity index (χ0) is 19.5. The van der Waals surface area contributed by atoms with E-state index in [4.69, 9.17) is 5.11 Å². The van der Waals surface area contributed by atoms with Crippen molar-refractivity contribution in [2.45, 2.75) is 109 Å². The molecule has 0 spiro atoms. The van der Waals surface area contributed by atoms with Gasteiger partial charge < -0.3 is 15.7 Å². The van der Waals surface area contributed by atoms with E-state index in [-0.39, 0.29) is 11.6 Å². The molecular weight excluding hydrogens is 340 g/mol. The maximum atomic E-state index is 12.2. The van der Waals surface area contributed by atoms with Crippen LogP contribution in [0.3, 0.4) is 0 Å². The van der Waals surface area contributed by atoms with E-state index >= 15 is 0 Å². The summed E-state index contributed by atoms with van der Waals surface area (Å²) in [5.74, 6) is 0.967. The SMILES string of the molecule is CC1(NC(=O)NCCCCCCCCCCCC(=O)O)C[C@@H]2CC[C@@H](C2)C1. The van der Waals surface area contributed by atoms with Crippen molar-refractivity contribution in [1.29, 1.82) is 0 Å². The van der Waals surface area contributed by atoms with Crippen LogP contribution in [0, 0.1) is 11.8 Å². The fourth-order valence-corrected chi connectivity index (χ4v) is 5.17. The highest BCUT2D eigenvalue weighted by atomic mass is 16.4. The molecule has 2 aliphatic carbocycles. The van der Waals surface area contributed by atoms with E-state index < -0.39 is 5.97 Å². The topological polar surface area (TPSA) is 78.4 Å². The number of fused-ring (bicyclic) bond motifs is 2. The van der Waals surface area contributed by atoms with Gasteiger partial charge in [-0.05, 0) is 50.9 Å². The van der Waals surface area contributed by atoms with Gasteiger partial charge in [-0.15, -0.1) is 0 Å². The molecule has 1 unspecified atom stereocenters. The van der Waals surface area contributed by atoms with E-state index in [2.05, 4.69) is 17.6 Å². The van der Waals surface area contributed by atoms with Crippen molar-refractivity contribution >= 4 is 12.0 Å². The van der Waals surface area contributed by atoms with E-state index in [1.165, 1.54) is 51.4 Å². The van der Waals surface area contributed by atoms with E-state index in [9.17, 15) is 9.59 Å². The average Bonchev–Trinajstić information content (AvgIpc) is 2.94. The summed E-state index contributed by atoms with van der Waals surface area (Å²) in [5.41, 5.74) is -0.00136. The van der Waals surface area contributed by atoms with Gasteiger partial charge in [0.15, 0.2) is 0 Å². The van der Waals surface area contributed by atoms with Gasteiger partial charge in [0.1, 0.15) is 0 Å². The Kier molecular flexibility index (Phi) is 9.43. The van der Waals surface area contributed by atoms with Gasteiger partial charge in [0, 0.05) is 18.5 Å². The number of nitrogens with one attached hydrogen (secondary N) is 2. The number of hydrogen-bond donors (Lipinski definition) is 3. The molecule has 5 heteroatoms. The summed E-state index contributed by atoms with van der Waals surface area (Å²) in [6, 6.07) is 0.0140. The fourth-order valence-electron chi connectivity index (χ4n) is 5.17. The summed E-state index contributed by atoms with van der Waals surface area (Å²) in [4.78, 5) is 22.6. The lowest BCUT2D eigenvalue weighted by Gasteiger charge is -2.38. The summed E-state index contributed by atoms with van der Waals surface area (Å²) >= 11 is 0. The maximum absolute atomic E-state index is 12.2. The van der Waals surface area contributed by atoms with E-state index in [0.717, 1.165) is 56.9 Å². The third-order valence-corrected chi connectivity index (χ3v) is 6.40. The molecule has 2 fully saturated rings. The summed E-state index contributed by atoms with van der Waals surface area (Å²) in [5, 5.41) is 14.9. The lowest BCUT2D eigenvalue weighted by Crippen LogP contribution is -2.53. The molecule has 2 rings (SSSR count). The van der Waals surface area contributed by atoms with Crippen molar-refractivity contribution in [3.8, 4) is 0 Å². The minimum absolute atomic E-state index is 0.00136. The van der Waals surface area contributed by atoms with Crippen LogP contribution < -0.4 is 10.6 Å². The van der Waals surface area contributed by atoms with Crippen LogP contribution in [0.25, 0.3) is 0 Å². The van der Waals surface area contributed by atoms with Crippen molar-refractivity contribution in [1.82, 2.24) is 10.6 Å². The molecular formula is C22H40N2O3. The highest BCUT2D eigenvalue weighted by Gasteiger charge is 2.41. The number of hydrogen-bond acceptors (Lipinski definition) is 2. The number of carboxylic acid groups (broad SMARTS) is 1. The van der Waals surface area contributed by atoms with Gasteiger partial charge >= 0.3 is 12.0 Å². The Morgan fingerprint density at radius 1 is 0.889 bits per heavy atom. The first kappa shape index (κ1) is 22.0. The molecule has 5 nitrogen and oxygen atoms in total. The molecule has 156 valence electrons. The van der Waals surface area contributed by atoms with Crippen molar-refractivity contribution < 1.29 is 14.7 Å². The van der Waals surface area contributed by atoms with Crippen LogP contribution in [0.5, 0.6) is 0 Å². The lowest BCUT2D eigenvalue weighted by atomic mass is 9.76. The molecule has 0 aromatic carbocycles. The molecule has 3 N–H and O–H groups in total. The molecule has 0 radical (unpaired) electrons. The Hall–Kier alpha value is -1.26. The summed E-state index contributed by atoms with van der Waals surface area (Å²) < 4.78 is 0. The summed E-state index contributed by atoms with van der Waals surface area (Å²) in [7, 11) is 0. The Labute approximate surface area is 165 Å². The predicted octanol–water partition coefficient (Wildman–Crippen LogP) is 5.24. The second kappa shape index (κ2) is 11.6. The molecule has 0 saturated heterocycles. The van der Waals surface area contributed by atoms with Gasteiger partial charge in [-0.1, -0.05) is 57.8 Å². The third kappa shape index (κ3) is 8.98. The van der Waals surface area contributed by atoms with Gasteiger partial charge in [-0.3, -0.25) is 4.79 Å². The minimum atomic E-state index is -0.683. The highest BCUT2D eigenvalue weighted by Crippen LogP contribution is 2.46. The first-order chi connectivity index (χ1) is 13.0. The van der Waals surface area contributed by atoms with Crippen LogP contribution in [0.2, 0.25) is 0 Å². The van der Waals surface area contributed by atoms with Crippen molar-refractivity contribution in [3.05, 3.63) is 0 Å². The number of unbranched alkanes of at least 4 members (excludes halogenated alkanes) is 8. The Morgan fingerprint density at radius 3 is 1.96 bits per heavy atom.